The number of rotatable bonds is 1. The lowest BCUT2D eigenvalue weighted by Gasteiger charge is -2.18. The molecule has 0 aliphatic carbocycles. The predicted molar refractivity (Wildman–Crippen MR) is 59.7 cm³/mol. The Hall–Kier alpha value is -2.30. The molecule has 1 N–H and O–H groups in total. The minimum absolute atomic E-state index is 0.161. The van der Waals surface area contributed by atoms with E-state index in [2.05, 4.69) is 4.98 Å². The first kappa shape index (κ1) is 9.89. The zero-order valence-corrected chi connectivity index (χ0v) is 8.84. The quantitative estimate of drug-likeness (QED) is 0.809. The normalized spacial score (nSPS) is 13.6. The third-order valence-electron chi connectivity index (χ3n) is 2.59. The number of carboxylic acids is 1. The van der Waals surface area contributed by atoms with E-state index >= 15 is 0 Å². The Morgan fingerprint density at radius 1 is 1.18 bits per heavy atom. The Balaban J connectivity index is 2.20. The molecule has 0 radical (unpaired) electrons. The summed E-state index contributed by atoms with van der Waals surface area (Å²) in [5.41, 5.74) is 0.855. The fourth-order valence-electron chi connectivity index (χ4n) is 1.78. The molecule has 17 heavy (non-hydrogen) atoms. The molecule has 2 heterocycles. The highest BCUT2D eigenvalue weighted by molar-refractivity contribution is 5.93. The van der Waals surface area contributed by atoms with Gasteiger partial charge in [-0.2, -0.15) is 0 Å². The standard InChI is InChI=1S/C12H9NO4/c14-12(15)8-3-7-4-10-11(17-2-1-16-10)5-9(7)13-6-8/h3-6H,1-2H2,(H,14,15). The number of aromatic carboxylic acids is 1. The molecule has 0 spiro atoms. The van der Waals surface area contributed by atoms with Gasteiger partial charge in [0.2, 0.25) is 0 Å². The van der Waals surface area contributed by atoms with Crippen LogP contribution >= 0.6 is 0 Å². The second kappa shape index (κ2) is 3.62. The second-order valence-electron chi connectivity index (χ2n) is 3.72. The van der Waals surface area contributed by atoms with Gasteiger partial charge in [-0.3, -0.25) is 4.98 Å². The van der Waals surface area contributed by atoms with Crippen LogP contribution in [-0.2, 0) is 0 Å². The predicted octanol–water partition coefficient (Wildman–Crippen LogP) is 1.70. The highest BCUT2D eigenvalue weighted by Gasteiger charge is 2.14. The molecule has 0 fully saturated rings. The van der Waals surface area contributed by atoms with Gasteiger partial charge in [0, 0.05) is 17.6 Å². The van der Waals surface area contributed by atoms with Crippen LogP contribution in [0.4, 0.5) is 0 Å². The fraction of sp³-hybridized carbons (Fsp3) is 0.167. The summed E-state index contributed by atoms with van der Waals surface area (Å²) in [5, 5.41) is 9.62. The molecule has 0 bridgehead atoms. The van der Waals surface area contributed by atoms with Crippen LogP contribution in [0.1, 0.15) is 10.4 Å². The van der Waals surface area contributed by atoms with Crippen LogP contribution in [0.3, 0.4) is 0 Å². The molecule has 1 aliphatic rings. The monoisotopic (exact) mass is 231 g/mol. The van der Waals surface area contributed by atoms with Gasteiger partial charge in [0.05, 0.1) is 11.1 Å². The molecule has 1 aliphatic heterocycles. The van der Waals surface area contributed by atoms with Crippen LogP contribution < -0.4 is 9.47 Å². The third-order valence-corrected chi connectivity index (χ3v) is 2.59. The van der Waals surface area contributed by atoms with Gasteiger partial charge in [-0.05, 0) is 12.1 Å². The second-order valence-corrected chi connectivity index (χ2v) is 3.72. The molecule has 0 saturated heterocycles. The summed E-state index contributed by atoms with van der Waals surface area (Å²) >= 11 is 0. The van der Waals surface area contributed by atoms with Gasteiger partial charge in [-0.1, -0.05) is 0 Å². The van der Waals surface area contributed by atoms with E-state index in [-0.39, 0.29) is 5.56 Å². The molecular formula is C12H9NO4. The smallest absolute Gasteiger partial charge is 0.337 e. The van der Waals surface area contributed by atoms with Crippen molar-refractivity contribution < 1.29 is 19.4 Å². The van der Waals surface area contributed by atoms with E-state index in [1.807, 2.05) is 0 Å². The summed E-state index contributed by atoms with van der Waals surface area (Å²) in [5.74, 6) is 0.293. The summed E-state index contributed by atoms with van der Waals surface area (Å²) in [6.07, 6.45) is 1.33. The maximum absolute atomic E-state index is 10.8. The lowest BCUT2D eigenvalue weighted by Crippen LogP contribution is -2.15. The first-order valence-electron chi connectivity index (χ1n) is 5.17. The molecule has 1 aromatic carbocycles. The molecule has 86 valence electrons. The SMILES string of the molecule is O=C(O)c1cnc2cc3c(cc2c1)OCCO3. The number of hydrogen-bond donors (Lipinski definition) is 1. The van der Waals surface area contributed by atoms with E-state index in [4.69, 9.17) is 14.6 Å². The number of nitrogens with zero attached hydrogens (tertiary/aromatic N) is 1. The number of benzene rings is 1. The Morgan fingerprint density at radius 2 is 1.88 bits per heavy atom. The van der Waals surface area contributed by atoms with E-state index in [1.165, 1.54) is 6.20 Å². The summed E-state index contributed by atoms with van der Waals surface area (Å²) in [7, 11) is 0. The molecule has 0 atom stereocenters. The van der Waals surface area contributed by atoms with Crippen LogP contribution in [0.15, 0.2) is 24.4 Å². The molecule has 2 aromatic rings. The number of carbonyl (C=O) groups is 1. The zero-order valence-electron chi connectivity index (χ0n) is 8.84. The minimum Gasteiger partial charge on any atom is -0.486 e. The van der Waals surface area contributed by atoms with Gasteiger partial charge in [0.15, 0.2) is 11.5 Å². The van der Waals surface area contributed by atoms with Crippen LogP contribution in [0, 0.1) is 0 Å². The van der Waals surface area contributed by atoms with Gasteiger partial charge >= 0.3 is 5.97 Å². The molecule has 0 saturated carbocycles. The first-order chi connectivity index (χ1) is 8.24. The lowest BCUT2D eigenvalue weighted by atomic mass is 10.1. The average Bonchev–Trinajstić information content (AvgIpc) is 2.35. The average molecular weight is 231 g/mol. The minimum atomic E-state index is -0.991. The third kappa shape index (κ3) is 1.65. The van der Waals surface area contributed by atoms with Crippen molar-refractivity contribution in [3.05, 3.63) is 30.0 Å². The molecule has 0 unspecified atom stereocenters. The van der Waals surface area contributed by atoms with E-state index in [9.17, 15) is 4.79 Å². The summed E-state index contributed by atoms with van der Waals surface area (Å²) < 4.78 is 10.9. The Labute approximate surface area is 96.6 Å². The van der Waals surface area contributed by atoms with Crippen LogP contribution in [0.5, 0.6) is 11.5 Å². The maximum Gasteiger partial charge on any atom is 0.337 e. The van der Waals surface area contributed by atoms with Gasteiger partial charge < -0.3 is 14.6 Å². The molecule has 1 aromatic heterocycles. The van der Waals surface area contributed by atoms with E-state index < -0.39 is 5.97 Å². The fourth-order valence-corrected chi connectivity index (χ4v) is 1.78. The van der Waals surface area contributed by atoms with Crippen molar-refractivity contribution in [2.45, 2.75) is 0 Å². The van der Waals surface area contributed by atoms with Crippen molar-refractivity contribution in [1.82, 2.24) is 4.98 Å². The van der Waals surface area contributed by atoms with Gasteiger partial charge in [0.1, 0.15) is 13.2 Å². The first-order valence-corrected chi connectivity index (χ1v) is 5.17. The molecule has 0 amide bonds. The number of hydrogen-bond acceptors (Lipinski definition) is 4. The summed E-state index contributed by atoms with van der Waals surface area (Å²) in [4.78, 5) is 14.9. The van der Waals surface area contributed by atoms with Crippen molar-refractivity contribution in [2.24, 2.45) is 0 Å². The number of carboxylic acid groups (broad SMARTS) is 1. The topological polar surface area (TPSA) is 68.7 Å². The molecule has 5 nitrogen and oxygen atoms in total. The summed E-state index contributed by atoms with van der Waals surface area (Å²) in [6.45, 7) is 1.02. The zero-order chi connectivity index (χ0) is 11.8. The number of fused-ring (bicyclic) bond motifs is 2. The Kier molecular flexibility index (Phi) is 2.11. The van der Waals surface area contributed by atoms with Crippen molar-refractivity contribution in [3.8, 4) is 11.5 Å². The highest BCUT2D eigenvalue weighted by atomic mass is 16.6. The molecule has 3 rings (SSSR count). The largest absolute Gasteiger partial charge is 0.486 e. The maximum atomic E-state index is 10.8. The van der Waals surface area contributed by atoms with E-state index in [0.29, 0.717) is 30.2 Å². The van der Waals surface area contributed by atoms with Crippen molar-refractivity contribution >= 4 is 16.9 Å². The van der Waals surface area contributed by atoms with Crippen LogP contribution in [-0.4, -0.2) is 29.3 Å². The van der Waals surface area contributed by atoms with Crippen LogP contribution in [0.25, 0.3) is 10.9 Å². The number of aromatic nitrogens is 1. The lowest BCUT2D eigenvalue weighted by molar-refractivity contribution is 0.0696. The van der Waals surface area contributed by atoms with Crippen molar-refractivity contribution in [1.29, 1.82) is 0 Å². The van der Waals surface area contributed by atoms with Gasteiger partial charge in [-0.25, -0.2) is 4.79 Å². The molecule has 5 heteroatoms. The molecular weight excluding hydrogens is 222 g/mol. The number of pyridine rings is 1. The Morgan fingerprint density at radius 3 is 2.59 bits per heavy atom. The van der Waals surface area contributed by atoms with Crippen molar-refractivity contribution in [2.75, 3.05) is 13.2 Å². The van der Waals surface area contributed by atoms with Crippen molar-refractivity contribution in [3.63, 3.8) is 0 Å². The van der Waals surface area contributed by atoms with E-state index in [0.717, 1.165) is 5.39 Å². The Bertz CT molecular complexity index is 609. The van der Waals surface area contributed by atoms with Crippen LogP contribution in [0.2, 0.25) is 0 Å². The van der Waals surface area contributed by atoms with Gasteiger partial charge in [0.25, 0.3) is 0 Å². The summed E-state index contributed by atoms with van der Waals surface area (Å²) in [6, 6.07) is 5.08. The highest BCUT2D eigenvalue weighted by Crippen LogP contribution is 2.33. The number of ether oxygens (including phenoxy) is 2. The van der Waals surface area contributed by atoms with E-state index in [1.54, 1.807) is 18.2 Å². The van der Waals surface area contributed by atoms with Gasteiger partial charge in [-0.15, -0.1) is 0 Å².